The molecule has 5 fully saturated rings. The first-order valence-corrected chi connectivity index (χ1v) is 10.0. The third-order valence-electron chi connectivity index (χ3n) is 6.42. The highest BCUT2D eigenvalue weighted by Gasteiger charge is 2.33. The minimum atomic E-state index is 0.744. The van der Waals surface area contributed by atoms with Crippen LogP contribution in [-0.4, -0.2) is 96.1 Å². The number of nitrogens with zero attached hydrogens (tertiary/aromatic N) is 4. The first-order chi connectivity index (χ1) is 11.0. The zero-order valence-electron chi connectivity index (χ0n) is 15.9. The van der Waals surface area contributed by atoms with Crippen LogP contribution in [0.25, 0.3) is 0 Å². The molecule has 4 heteroatoms. The van der Waals surface area contributed by atoms with E-state index in [0.29, 0.717) is 0 Å². The quantitative estimate of drug-likeness (QED) is 0.770. The highest BCUT2D eigenvalue weighted by atomic mass is 15.3. The van der Waals surface area contributed by atoms with E-state index in [-0.39, 0.29) is 0 Å². The Morgan fingerprint density at radius 2 is 1.04 bits per heavy atom. The first-order valence-electron chi connectivity index (χ1n) is 10.0. The maximum atomic E-state index is 2.69. The zero-order chi connectivity index (χ0) is 16.4. The van der Waals surface area contributed by atoms with Crippen LogP contribution in [0.4, 0.5) is 0 Å². The van der Waals surface area contributed by atoms with E-state index in [2.05, 4.69) is 47.3 Å². The van der Waals surface area contributed by atoms with Crippen molar-refractivity contribution in [2.75, 3.05) is 52.4 Å². The lowest BCUT2D eigenvalue weighted by Gasteiger charge is -2.37. The Kier molecular flexibility index (Phi) is 6.00. The largest absolute Gasteiger partial charge is 0.302 e. The second kappa shape index (κ2) is 7.81. The summed E-state index contributed by atoms with van der Waals surface area (Å²) in [4.78, 5) is 10.5. The summed E-state index contributed by atoms with van der Waals surface area (Å²) in [6.45, 7) is 19.8. The Morgan fingerprint density at radius 1 is 0.565 bits per heavy atom. The molecule has 0 aromatic rings. The molecule has 0 saturated carbocycles. The van der Waals surface area contributed by atoms with E-state index in [9.17, 15) is 0 Å². The molecule has 0 aromatic heterocycles. The van der Waals surface area contributed by atoms with E-state index in [1.165, 1.54) is 71.6 Å². The summed E-state index contributed by atoms with van der Waals surface area (Å²) in [7, 11) is 0. The van der Waals surface area contributed by atoms with Crippen molar-refractivity contribution in [1.29, 1.82) is 0 Å². The lowest BCUT2D eigenvalue weighted by Crippen LogP contribution is -2.49. The maximum absolute atomic E-state index is 2.69. The van der Waals surface area contributed by atoms with Gasteiger partial charge in [0, 0.05) is 56.9 Å². The Balaban J connectivity index is 0.000000136. The van der Waals surface area contributed by atoms with Gasteiger partial charge in [0.25, 0.3) is 0 Å². The average molecular weight is 323 g/mol. The molecular formula is C19H38N4. The molecule has 5 aliphatic heterocycles. The third kappa shape index (κ3) is 4.28. The van der Waals surface area contributed by atoms with E-state index >= 15 is 0 Å². The summed E-state index contributed by atoms with van der Waals surface area (Å²) in [5, 5.41) is 0. The fourth-order valence-corrected chi connectivity index (χ4v) is 5.00. The molecule has 0 spiro atoms. The number of piperidine rings is 1. The Morgan fingerprint density at radius 3 is 1.65 bits per heavy atom. The normalized spacial score (nSPS) is 37.8. The molecule has 4 nitrogen and oxygen atoms in total. The van der Waals surface area contributed by atoms with Crippen LogP contribution < -0.4 is 0 Å². The van der Waals surface area contributed by atoms with Crippen LogP contribution in [-0.2, 0) is 0 Å². The monoisotopic (exact) mass is 322 g/mol. The topological polar surface area (TPSA) is 13.0 Å². The Hall–Kier alpha value is -0.160. The number of hydrogen-bond donors (Lipinski definition) is 0. The van der Waals surface area contributed by atoms with E-state index in [1.807, 2.05) is 0 Å². The smallest absolute Gasteiger partial charge is 0.0238 e. The summed E-state index contributed by atoms with van der Waals surface area (Å²) in [5.74, 6) is 0. The fraction of sp³-hybridized carbons (Fsp3) is 1.00. The van der Waals surface area contributed by atoms with E-state index < -0.39 is 0 Å². The molecule has 5 saturated heterocycles. The van der Waals surface area contributed by atoms with Crippen LogP contribution in [0.2, 0.25) is 0 Å². The summed E-state index contributed by atoms with van der Waals surface area (Å²) in [6.07, 6.45) is 4.20. The van der Waals surface area contributed by atoms with Gasteiger partial charge in [-0.25, -0.2) is 0 Å². The van der Waals surface area contributed by atoms with Crippen LogP contribution in [0.1, 0.15) is 47.0 Å². The van der Waals surface area contributed by atoms with Gasteiger partial charge in [-0.05, 0) is 66.6 Å². The highest BCUT2D eigenvalue weighted by molar-refractivity contribution is 4.90. The molecule has 5 aliphatic rings. The van der Waals surface area contributed by atoms with Crippen LogP contribution in [0, 0.1) is 0 Å². The molecule has 0 radical (unpaired) electrons. The number of hydrogen-bond acceptors (Lipinski definition) is 4. The Labute approximate surface area is 143 Å². The van der Waals surface area contributed by atoms with Crippen LogP contribution in [0.3, 0.4) is 0 Å². The number of fused-ring (bicyclic) bond motifs is 6. The fourth-order valence-electron chi connectivity index (χ4n) is 5.00. The molecule has 0 aromatic carbocycles. The number of rotatable bonds is 2. The van der Waals surface area contributed by atoms with Crippen molar-refractivity contribution in [2.45, 2.75) is 71.1 Å². The second-order valence-corrected chi connectivity index (χ2v) is 8.48. The summed E-state index contributed by atoms with van der Waals surface area (Å²) in [6, 6.07) is 3.26. The molecule has 0 aliphatic carbocycles. The van der Waals surface area contributed by atoms with Gasteiger partial charge in [0.05, 0.1) is 0 Å². The number of piperazine rings is 1. The predicted octanol–water partition coefficient (Wildman–Crippen LogP) is 1.96. The molecule has 2 unspecified atom stereocenters. The van der Waals surface area contributed by atoms with E-state index in [1.54, 1.807) is 0 Å². The van der Waals surface area contributed by atoms with Gasteiger partial charge < -0.3 is 9.80 Å². The van der Waals surface area contributed by atoms with Crippen molar-refractivity contribution in [3.05, 3.63) is 0 Å². The van der Waals surface area contributed by atoms with Gasteiger partial charge in [-0.2, -0.15) is 0 Å². The van der Waals surface area contributed by atoms with Gasteiger partial charge in [-0.15, -0.1) is 0 Å². The summed E-state index contributed by atoms with van der Waals surface area (Å²) in [5.41, 5.74) is 0. The lowest BCUT2D eigenvalue weighted by molar-refractivity contribution is 0.105. The van der Waals surface area contributed by atoms with Gasteiger partial charge in [0.1, 0.15) is 0 Å². The molecule has 0 N–H and O–H groups in total. The minimum absolute atomic E-state index is 0.744. The zero-order valence-corrected chi connectivity index (χ0v) is 15.9. The van der Waals surface area contributed by atoms with E-state index in [0.717, 1.165) is 24.2 Å². The SMILES string of the molecule is CC(C)N1CCN2CCC1C2.CC(C)N1CCN2CCC1CC2. The summed E-state index contributed by atoms with van der Waals surface area (Å²) >= 11 is 0. The Bertz CT molecular complexity index is 362. The van der Waals surface area contributed by atoms with Crippen molar-refractivity contribution >= 4 is 0 Å². The molecule has 5 heterocycles. The standard InChI is InChI=1S/C10H20N2.C9H18N2/c1-9(2)12-8-7-11-5-3-10(12)4-6-11;1-8(2)11-6-5-10-4-3-9(11)7-10/h9-10H,3-8H2,1-2H3;8-9H,3-7H2,1-2H3. The van der Waals surface area contributed by atoms with Crippen LogP contribution >= 0.6 is 0 Å². The lowest BCUT2D eigenvalue weighted by atomic mass is 10.0. The van der Waals surface area contributed by atoms with Gasteiger partial charge >= 0.3 is 0 Å². The first kappa shape index (κ1) is 17.7. The molecule has 4 bridgehead atoms. The third-order valence-corrected chi connectivity index (χ3v) is 6.42. The average Bonchev–Trinajstić information content (AvgIpc) is 2.72. The predicted molar refractivity (Wildman–Crippen MR) is 98.0 cm³/mol. The van der Waals surface area contributed by atoms with Crippen LogP contribution in [0.15, 0.2) is 0 Å². The molecule has 134 valence electrons. The molecule has 2 atom stereocenters. The van der Waals surface area contributed by atoms with Gasteiger partial charge in [-0.3, -0.25) is 9.80 Å². The van der Waals surface area contributed by atoms with Crippen molar-refractivity contribution in [2.24, 2.45) is 0 Å². The molecule has 23 heavy (non-hydrogen) atoms. The van der Waals surface area contributed by atoms with Crippen LogP contribution in [0.5, 0.6) is 0 Å². The highest BCUT2D eigenvalue weighted by Crippen LogP contribution is 2.23. The molecule has 5 rings (SSSR count). The van der Waals surface area contributed by atoms with Crippen molar-refractivity contribution in [1.82, 2.24) is 19.6 Å². The van der Waals surface area contributed by atoms with Gasteiger partial charge in [0.2, 0.25) is 0 Å². The summed E-state index contributed by atoms with van der Waals surface area (Å²) < 4.78 is 0. The maximum Gasteiger partial charge on any atom is 0.0238 e. The van der Waals surface area contributed by atoms with Gasteiger partial charge in [0.15, 0.2) is 0 Å². The minimum Gasteiger partial charge on any atom is -0.302 e. The molecular weight excluding hydrogens is 284 g/mol. The molecule has 0 amide bonds. The van der Waals surface area contributed by atoms with Crippen molar-refractivity contribution in [3.63, 3.8) is 0 Å². The second-order valence-electron chi connectivity index (χ2n) is 8.48. The van der Waals surface area contributed by atoms with Crippen molar-refractivity contribution in [3.8, 4) is 0 Å². The van der Waals surface area contributed by atoms with Gasteiger partial charge in [-0.1, -0.05) is 0 Å². The van der Waals surface area contributed by atoms with E-state index in [4.69, 9.17) is 0 Å². The van der Waals surface area contributed by atoms with Crippen molar-refractivity contribution < 1.29 is 0 Å².